The Labute approximate surface area is 213 Å². The van der Waals surface area contributed by atoms with Crippen LogP contribution in [0.15, 0.2) is 42.9 Å². The highest BCUT2D eigenvalue weighted by atomic mass is 19.1. The van der Waals surface area contributed by atoms with Gasteiger partial charge in [-0.1, -0.05) is 0 Å². The van der Waals surface area contributed by atoms with Crippen molar-refractivity contribution < 1.29 is 18.7 Å². The summed E-state index contributed by atoms with van der Waals surface area (Å²) in [6.45, 7) is 9.48. The van der Waals surface area contributed by atoms with E-state index in [1.54, 1.807) is 40.8 Å². The third-order valence-electron chi connectivity index (χ3n) is 6.06. The van der Waals surface area contributed by atoms with Gasteiger partial charge in [-0.2, -0.15) is 5.10 Å². The van der Waals surface area contributed by atoms with Gasteiger partial charge in [0.1, 0.15) is 11.1 Å². The molecule has 3 aromatic heterocycles. The van der Waals surface area contributed by atoms with Gasteiger partial charge in [-0.15, -0.1) is 5.10 Å². The van der Waals surface area contributed by atoms with Crippen LogP contribution in [-0.4, -0.2) is 68.3 Å². The number of pyridine rings is 1. The average Bonchev–Trinajstić information content (AvgIpc) is 3.23. The number of hydrogen-bond donors (Lipinski definition) is 1. The molecule has 0 unspecified atom stereocenters. The van der Waals surface area contributed by atoms with Crippen molar-refractivity contribution in [2.45, 2.75) is 33.3 Å². The molecule has 1 aliphatic rings. The normalized spacial score (nSPS) is 14.3. The lowest BCUT2D eigenvalue weighted by atomic mass is 10.1. The molecule has 4 heterocycles. The number of nitrogens with one attached hydrogen (secondary N) is 1. The van der Waals surface area contributed by atoms with Gasteiger partial charge < -0.3 is 24.3 Å². The monoisotopic (exact) mass is 505 g/mol. The molecule has 0 radical (unpaired) electrons. The van der Waals surface area contributed by atoms with Crippen LogP contribution in [0.2, 0.25) is 0 Å². The fourth-order valence-corrected chi connectivity index (χ4v) is 4.43. The predicted molar refractivity (Wildman–Crippen MR) is 137 cm³/mol. The van der Waals surface area contributed by atoms with Crippen molar-refractivity contribution in [2.75, 3.05) is 36.4 Å². The Morgan fingerprint density at radius 3 is 2.57 bits per heavy atom. The summed E-state index contributed by atoms with van der Waals surface area (Å²) in [5, 5.41) is 11.8. The average molecular weight is 506 g/mol. The first-order valence-corrected chi connectivity index (χ1v) is 12.0. The first kappa shape index (κ1) is 24.4. The molecule has 0 spiro atoms. The van der Waals surface area contributed by atoms with Gasteiger partial charge in [-0.05, 0) is 45.9 Å². The molecule has 0 atom stereocenters. The number of anilines is 2. The minimum atomic E-state index is -0.550. The number of piperazine rings is 1. The van der Waals surface area contributed by atoms with Crippen molar-refractivity contribution in [3.05, 3.63) is 59.9 Å². The zero-order valence-corrected chi connectivity index (χ0v) is 21.2. The van der Waals surface area contributed by atoms with Gasteiger partial charge in [0.15, 0.2) is 11.5 Å². The van der Waals surface area contributed by atoms with E-state index in [4.69, 9.17) is 4.74 Å². The number of imidazole rings is 1. The van der Waals surface area contributed by atoms with Crippen molar-refractivity contribution in [3.63, 3.8) is 0 Å². The number of aromatic nitrogens is 4. The summed E-state index contributed by atoms with van der Waals surface area (Å²) in [5.41, 5.74) is 2.43. The van der Waals surface area contributed by atoms with Crippen molar-refractivity contribution >= 4 is 39.9 Å². The van der Waals surface area contributed by atoms with Crippen LogP contribution in [0.5, 0.6) is 0 Å². The SMILES string of the molecule is Cc1cn2cc(NC(=O)c3ccc(N4CCN(C(=O)OC(C)(C)C)CC4)c4nnccc34)cc(F)c2n1. The van der Waals surface area contributed by atoms with E-state index >= 15 is 0 Å². The zero-order valence-electron chi connectivity index (χ0n) is 21.2. The molecule has 1 N–H and O–H groups in total. The highest BCUT2D eigenvalue weighted by Gasteiger charge is 2.27. The Bertz CT molecular complexity index is 1500. The van der Waals surface area contributed by atoms with Gasteiger partial charge in [-0.25, -0.2) is 14.2 Å². The predicted octanol–water partition coefficient (Wildman–Crippen LogP) is 4.03. The first-order chi connectivity index (χ1) is 17.6. The lowest BCUT2D eigenvalue weighted by Gasteiger charge is -2.37. The van der Waals surface area contributed by atoms with Gasteiger partial charge in [0.2, 0.25) is 0 Å². The van der Waals surface area contributed by atoms with Crippen LogP contribution in [0.25, 0.3) is 16.6 Å². The number of rotatable bonds is 3. The van der Waals surface area contributed by atoms with Gasteiger partial charge in [0.25, 0.3) is 5.91 Å². The zero-order chi connectivity index (χ0) is 26.3. The number of halogens is 1. The summed E-state index contributed by atoms with van der Waals surface area (Å²) in [6.07, 6.45) is 4.51. The lowest BCUT2D eigenvalue weighted by molar-refractivity contribution is 0.0240. The minimum Gasteiger partial charge on any atom is -0.444 e. The maximum Gasteiger partial charge on any atom is 0.410 e. The Kier molecular flexibility index (Phi) is 6.14. The lowest BCUT2D eigenvalue weighted by Crippen LogP contribution is -2.50. The number of carbonyl (C=O) groups is 2. The summed E-state index contributed by atoms with van der Waals surface area (Å²) in [7, 11) is 0. The number of fused-ring (bicyclic) bond motifs is 2. The van der Waals surface area contributed by atoms with Crippen LogP contribution in [0.1, 0.15) is 36.8 Å². The maximum atomic E-state index is 14.5. The molecule has 0 bridgehead atoms. The molecule has 192 valence electrons. The largest absolute Gasteiger partial charge is 0.444 e. The van der Waals surface area contributed by atoms with Gasteiger partial charge in [0, 0.05) is 55.6 Å². The Morgan fingerprint density at radius 2 is 1.84 bits per heavy atom. The van der Waals surface area contributed by atoms with Crippen LogP contribution in [0.4, 0.5) is 20.6 Å². The first-order valence-electron chi connectivity index (χ1n) is 12.0. The Hall–Kier alpha value is -4.28. The topological polar surface area (TPSA) is 105 Å². The van der Waals surface area contributed by atoms with E-state index in [1.807, 2.05) is 26.8 Å². The standard InChI is InChI=1S/C26H28FN7O3/c1-16-14-34-15-17(13-20(27)23(34)29-16)30-24(35)19-5-6-21(22-18(19)7-8-28-31-22)32-9-11-33(12-10-32)25(36)37-26(2,3)4/h5-8,13-15H,9-12H2,1-4H3,(H,30,35). The van der Waals surface area contributed by atoms with E-state index in [9.17, 15) is 14.0 Å². The maximum absolute atomic E-state index is 14.5. The molecule has 0 saturated carbocycles. The van der Waals surface area contributed by atoms with E-state index in [1.165, 1.54) is 12.3 Å². The fraction of sp³-hybridized carbons (Fsp3) is 0.346. The smallest absolute Gasteiger partial charge is 0.410 e. The third-order valence-corrected chi connectivity index (χ3v) is 6.06. The Morgan fingerprint density at radius 1 is 1.08 bits per heavy atom. The molecule has 10 nitrogen and oxygen atoms in total. The second kappa shape index (κ2) is 9.30. The van der Waals surface area contributed by atoms with Gasteiger partial charge in [0.05, 0.1) is 23.3 Å². The number of ether oxygens (including phenoxy) is 1. The second-order valence-corrected chi connectivity index (χ2v) is 10.0. The molecule has 1 saturated heterocycles. The number of hydrogen-bond acceptors (Lipinski definition) is 7. The molecular weight excluding hydrogens is 477 g/mol. The van der Waals surface area contributed by atoms with Crippen LogP contribution >= 0.6 is 0 Å². The summed E-state index contributed by atoms with van der Waals surface area (Å²) >= 11 is 0. The van der Waals surface area contributed by atoms with Crippen LogP contribution in [0.3, 0.4) is 0 Å². The molecule has 0 aliphatic carbocycles. The quantitative estimate of drug-likeness (QED) is 0.448. The van der Waals surface area contributed by atoms with Crippen LogP contribution in [-0.2, 0) is 4.74 Å². The molecule has 4 aromatic rings. The Balaban J connectivity index is 1.37. The van der Waals surface area contributed by atoms with Gasteiger partial charge >= 0.3 is 6.09 Å². The van der Waals surface area contributed by atoms with Crippen molar-refractivity contribution in [1.29, 1.82) is 0 Å². The molecule has 1 fully saturated rings. The van der Waals surface area contributed by atoms with Crippen molar-refractivity contribution in [2.24, 2.45) is 0 Å². The fourth-order valence-electron chi connectivity index (χ4n) is 4.43. The van der Waals surface area contributed by atoms with E-state index in [-0.39, 0.29) is 11.7 Å². The van der Waals surface area contributed by atoms with Crippen LogP contribution < -0.4 is 10.2 Å². The number of carbonyl (C=O) groups excluding carboxylic acids is 2. The molecular formula is C26H28FN7O3. The summed E-state index contributed by atoms with van der Waals surface area (Å²) in [5.74, 6) is -0.919. The third kappa shape index (κ3) is 5.02. The van der Waals surface area contributed by atoms with Gasteiger partial charge in [-0.3, -0.25) is 4.79 Å². The minimum absolute atomic E-state index is 0.201. The summed E-state index contributed by atoms with van der Waals surface area (Å²) in [4.78, 5) is 33.6. The summed E-state index contributed by atoms with van der Waals surface area (Å²) in [6, 6.07) is 6.55. The van der Waals surface area contributed by atoms with E-state index in [0.29, 0.717) is 54.0 Å². The van der Waals surface area contributed by atoms with E-state index in [0.717, 1.165) is 5.69 Å². The number of nitrogens with zero attached hydrogens (tertiary/aromatic N) is 6. The molecule has 5 rings (SSSR count). The van der Waals surface area contributed by atoms with Crippen molar-refractivity contribution in [1.82, 2.24) is 24.5 Å². The highest BCUT2D eigenvalue weighted by Crippen LogP contribution is 2.29. The number of amides is 2. The number of aryl methyl sites for hydroxylation is 1. The molecule has 2 amide bonds. The second-order valence-electron chi connectivity index (χ2n) is 10.0. The van der Waals surface area contributed by atoms with E-state index < -0.39 is 17.3 Å². The number of benzene rings is 1. The molecule has 1 aliphatic heterocycles. The van der Waals surface area contributed by atoms with Crippen LogP contribution in [0, 0.1) is 12.7 Å². The summed E-state index contributed by atoms with van der Waals surface area (Å²) < 4.78 is 21.5. The van der Waals surface area contributed by atoms with Crippen molar-refractivity contribution in [3.8, 4) is 0 Å². The highest BCUT2D eigenvalue weighted by molar-refractivity contribution is 6.14. The molecule has 11 heteroatoms. The molecule has 1 aromatic carbocycles. The van der Waals surface area contributed by atoms with E-state index in [2.05, 4.69) is 25.4 Å². The molecule has 37 heavy (non-hydrogen) atoms.